The molecule has 3 N–H and O–H groups in total. The molecule has 1 unspecified atom stereocenters. The number of rotatable bonds is 3. The molecule has 1 atom stereocenters. The molecule has 0 aromatic heterocycles. The molecule has 4 heteroatoms. The van der Waals surface area contributed by atoms with Crippen molar-refractivity contribution in [3.05, 3.63) is 59.7 Å². The van der Waals surface area contributed by atoms with Crippen LogP contribution in [0.15, 0.2) is 48.5 Å². The van der Waals surface area contributed by atoms with E-state index in [-0.39, 0.29) is 17.1 Å². The van der Waals surface area contributed by atoms with E-state index in [0.717, 1.165) is 6.07 Å². The molecule has 0 saturated heterocycles. The van der Waals surface area contributed by atoms with Gasteiger partial charge in [-0.25, -0.2) is 0 Å². The maximum Gasteiger partial charge on any atom is 0.195 e. The van der Waals surface area contributed by atoms with Crippen LogP contribution in [-0.2, 0) is 0 Å². The summed E-state index contributed by atoms with van der Waals surface area (Å²) in [6.07, 6.45) is -1.45. The Bertz CT molecular complexity index is 563. The van der Waals surface area contributed by atoms with E-state index in [9.17, 15) is 15.0 Å². The van der Waals surface area contributed by atoms with E-state index in [1.165, 1.54) is 12.1 Å². The molecule has 92 valence electrons. The number of ketones is 1. The average Bonchev–Trinajstić information content (AvgIpc) is 2.38. The van der Waals surface area contributed by atoms with Crippen molar-refractivity contribution in [2.45, 2.75) is 6.10 Å². The Morgan fingerprint density at radius 1 is 1.00 bits per heavy atom. The Hall–Kier alpha value is -2.33. The minimum atomic E-state index is -1.45. The predicted octanol–water partition coefficient (Wildman–Crippen LogP) is 2.01. The molecule has 0 heterocycles. The number of phenolic OH excluding ortho intramolecular Hbond substituents is 2. The van der Waals surface area contributed by atoms with Crippen LogP contribution in [0.3, 0.4) is 0 Å². The van der Waals surface area contributed by atoms with Crippen LogP contribution < -0.4 is 0 Å². The Kier molecular flexibility index (Phi) is 3.30. The number of aliphatic hydroxyl groups is 1. The predicted molar refractivity (Wildman–Crippen MR) is 65.5 cm³/mol. The highest BCUT2D eigenvalue weighted by molar-refractivity contribution is 6.00. The first-order valence-corrected chi connectivity index (χ1v) is 5.39. The molecule has 2 aromatic rings. The molecule has 2 aromatic carbocycles. The summed E-state index contributed by atoms with van der Waals surface area (Å²) in [6.45, 7) is 0. The minimum absolute atomic E-state index is 0.0710. The Labute approximate surface area is 104 Å². The highest BCUT2D eigenvalue weighted by Gasteiger charge is 2.21. The molecule has 0 aliphatic rings. The second kappa shape index (κ2) is 4.89. The first kappa shape index (κ1) is 12.1. The van der Waals surface area contributed by atoms with Crippen LogP contribution in [0.4, 0.5) is 0 Å². The third kappa shape index (κ3) is 2.33. The number of hydrogen-bond donors (Lipinski definition) is 3. The summed E-state index contributed by atoms with van der Waals surface area (Å²) >= 11 is 0. The number of aromatic hydroxyl groups is 2. The van der Waals surface area contributed by atoms with Crippen LogP contribution in [0.5, 0.6) is 11.5 Å². The zero-order valence-electron chi connectivity index (χ0n) is 9.45. The van der Waals surface area contributed by atoms with Crippen molar-refractivity contribution in [2.24, 2.45) is 0 Å². The normalized spacial score (nSPS) is 12.1. The van der Waals surface area contributed by atoms with Crippen molar-refractivity contribution in [3.8, 4) is 11.5 Å². The topological polar surface area (TPSA) is 77.8 Å². The summed E-state index contributed by atoms with van der Waals surface area (Å²) in [5, 5.41) is 28.7. The number of carbonyl (C=O) groups excluding carboxylic acids is 1. The van der Waals surface area contributed by atoms with Gasteiger partial charge in [0.1, 0.15) is 17.6 Å². The molecular weight excluding hydrogens is 232 g/mol. The number of phenols is 2. The molecular formula is C14H12O4. The van der Waals surface area contributed by atoms with Crippen LogP contribution in [0.2, 0.25) is 0 Å². The lowest BCUT2D eigenvalue weighted by Gasteiger charge is -2.11. The van der Waals surface area contributed by atoms with E-state index in [2.05, 4.69) is 0 Å². The highest BCUT2D eigenvalue weighted by Crippen LogP contribution is 2.29. The quantitative estimate of drug-likeness (QED) is 0.722. The number of Topliss-reactive ketones (excluding diaryl/α,β-unsaturated/α-hetero) is 1. The standard InChI is InChI=1S/C14H12O4/c15-10-6-7-11(12(16)8-10)14(18)13(17)9-4-2-1-3-5-9/h1-8,14-16,18H. The van der Waals surface area contributed by atoms with Gasteiger partial charge in [0, 0.05) is 17.2 Å². The van der Waals surface area contributed by atoms with Gasteiger partial charge < -0.3 is 15.3 Å². The van der Waals surface area contributed by atoms with Crippen molar-refractivity contribution in [2.75, 3.05) is 0 Å². The summed E-state index contributed by atoms with van der Waals surface area (Å²) in [5.41, 5.74) is 0.430. The van der Waals surface area contributed by atoms with Crippen molar-refractivity contribution in [3.63, 3.8) is 0 Å². The van der Waals surface area contributed by atoms with Crippen molar-refractivity contribution < 1.29 is 20.1 Å². The van der Waals surface area contributed by atoms with Gasteiger partial charge in [0.15, 0.2) is 5.78 Å². The molecule has 0 amide bonds. The van der Waals surface area contributed by atoms with Crippen LogP contribution in [0, 0.1) is 0 Å². The van der Waals surface area contributed by atoms with Gasteiger partial charge in [-0.15, -0.1) is 0 Å². The smallest absolute Gasteiger partial charge is 0.195 e. The second-order valence-electron chi connectivity index (χ2n) is 3.88. The van der Waals surface area contributed by atoms with Gasteiger partial charge in [-0.2, -0.15) is 0 Å². The molecule has 2 rings (SSSR count). The van der Waals surface area contributed by atoms with Crippen LogP contribution in [0.25, 0.3) is 0 Å². The van der Waals surface area contributed by atoms with Crippen molar-refractivity contribution in [1.29, 1.82) is 0 Å². The Morgan fingerprint density at radius 3 is 2.28 bits per heavy atom. The molecule has 0 spiro atoms. The van der Waals surface area contributed by atoms with Gasteiger partial charge in [0.05, 0.1) is 0 Å². The summed E-state index contributed by atoms with van der Waals surface area (Å²) in [6, 6.07) is 12.0. The number of carbonyl (C=O) groups is 1. The molecule has 0 aliphatic carbocycles. The van der Waals surface area contributed by atoms with E-state index in [0.29, 0.717) is 5.56 Å². The molecule has 4 nitrogen and oxygen atoms in total. The summed E-state index contributed by atoms with van der Waals surface area (Å²) in [4.78, 5) is 12.0. The molecule has 0 fully saturated rings. The minimum Gasteiger partial charge on any atom is -0.508 e. The van der Waals surface area contributed by atoms with Gasteiger partial charge in [-0.05, 0) is 12.1 Å². The van der Waals surface area contributed by atoms with Gasteiger partial charge in [0.2, 0.25) is 0 Å². The first-order chi connectivity index (χ1) is 8.59. The Balaban J connectivity index is 2.31. The van der Waals surface area contributed by atoms with E-state index >= 15 is 0 Å². The van der Waals surface area contributed by atoms with Crippen molar-refractivity contribution in [1.82, 2.24) is 0 Å². The average molecular weight is 244 g/mol. The molecule has 0 bridgehead atoms. The van der Waals surface area contributed by atoms with E-state index in [1.807, 2.05) is 0 Å². The number of aliphatic hydroxyl groups excluding tert-OH is 1. The van der Waals surface area contributed by atoms with E-state index in [1.54, 1.807) is 30.3 Å². The first-order valence-electron chi connectivity index (χ1n) is 5.39. The van der Waals surface area contributed by atoms with Crippen molar-refractivity contribution >= 4 is 5.78 Å². The highest BCUT2D eigenvalue weighted by atomic mass is 16.3. The lowest BCUT2D eigenvalue weighted by molar-refractivity contribution is 0.0742. The van der Waals surface area contributed by atoms with E-state index < -0.39 is 11.9 Å². The van der Waals surface area contributed by atoms with E-state index in [4.69, 9.17) is 5.11 Å². The zero-order chi connectivity index (χ0) is 13.1. The Morgan fingerprint density at radius 2 is 1.67 bits per heavy atom. The van der Waals surface area contributed by atoms with Crippen LogP contribution >= 0.6 is 0 Å². The number of hydrogen-bond acceptors (Lipinski definition) is 4. The zero-order valence-corrected chi connectivity index (χ0v) is 9.45. The maximum atomic E-state index is 12.0. The monoisotopic (exact) mass is 244 g/mol. The summed E-state index contributed by atoms with van der Waals surface area (Å²) in [7, 11) is 0. The SMILES string of the molecule is O=C(c1ccccc1)C(O)c1ccc(O)cc1O. The molecule has 18 heavy (non-hydrogen) atoms. The lowest BCUT2D eigenvalue weighted by atomic mass is 9.99. The van der Waals surface area contributed by atoms with Crippen LogP contribution in [0.1, 0.15) is 22.0 Å². The van der Waals surface area contributed by atoms with Gasteiger partial charge in [0.25, 0.3) is 0 Å². The fourth-order valence-electron chi connectivity index (χ4n) is 1.66. The maximum absolute atomic E-state index is 12.0. The van der Waals surface area contributed by atoms with Gasteiger partial charge in [-0.3, -0.25) is 4.79 Å². The third-order valence-electron chi connectivity index (χ3n) is 2.62. The second-order valence-corrected chi connectivity index (χ2v) is 3.88. The molecule has 0 radical (unpaired) electrons. The number of benzene rings is 2. The largest absolute Gasteiger partial charge is 0.508 e. The summed E-state index contributed by atoms with van der Waals surface area (Å²) < 4.78 is 0. The van der Waals surface area contributed by atoms with Gasteiger partial charge in [-0.1, -0.05) is 30.3 Å². The third-order valence-corrected chi connectivity index (χ3v) is 2.62. The summed E-state index contributed by atoms with van der Waals surface area (Å²) in [5.74, 6) is -0.945. The fourth-order valence-corrected chi connectivity index (χ4v) is 1.66. The molecule has 0 aliphatic heterocycles. The fraction of sp³-hybridized carbons (Fsp3) is 0.0714. The van der Waals surface area contributed by atoms with Crippen LogP contribution in [-0.4, -0.2) is 21.1 Å². The molecule has 0 saturated carbocycles. The lowest BCUT2D eigenvalue weighted by Crippen LogP contribution is -2.12. The van der Waals surface area contributed by atoms with Gasteiger partial charge >= 0.3 is 0 Å².